The van der Waals surface area contributed by atoms with Crippen LogP contribution in [-0.2, 0) is 20.7 Å². The first-order valence-electron chi connectivity index (χ1n) is 11.2. The number of carbonyl (C=O) groups excluding carboxylic acids is 2. The lowest BCUT2D eigenvalue weighted by molar-refractivity contribution is -0.384. The third-order valence-corrected chi connectivity index (χ3v) is 6.89. The van der Waals surface area contributed by atoms with Crippen LogP contribution in [0.4, 0.5) is 17.1 Å². The summed E-state index contributed by atoms with van der Waals surface area (Å²) in [7, 11) is 0. The van der Waals surface area contributed by atoms with Crippen LogP contribution in [0.3, 0.4) is 0 Å². The summed E-state index contributed by atoms with van der Waals surface area (Å²) in [4.78, 5) is 42.7. The van der Waals surface area contributed by atoms with Gasteiger partial charge in [0.25, 0.3) is 5.69 Å². The van der Waals surface area contributed by atoms with E-state index >= 15 is 0 Å². The summed E-state index contributed by atoms with van der Waals surface area (Å²) in [6, 6.07) is 13.6. The van der Waals surface area contributed by atoms with Crippen molar-refractivity contribution in [2.75, 3.05) is 18.5 Å². The highest BCUT2D eigenvalue weighted by molar-refractivity contribution is 8.15. The van der Waals surface area contributed by atoms with E-state index in [4.69, 9.17) is 9.73 Å². The number of amidine groups is 1. The van der Waals surface area contributed by atoms with E-state index in [9.17, 15) is 19.7 Å². The molecule has 2 saturated heterocycles. The zero-order valence-electron chi connectivity index (χ0n) is 18.8. The number of thioether (sulfide) groups is 1. The molecule has 178 valence electrons. The molecule has 0 bridgehead atoms. The number of nitrogens with zero attached hydrogens (tertiary/aromatic N) is 3. The molecule has 2 aliphatic heterocycles. The largest absolute Gasteiger partial charge is 0.376 e. The Morgan fingerprint density at radius 2 is 2.09 bits per heavy atom. The van der Waals surface area contributed by atoms with E-state index in [2.05, 4.69) is 12.2 Å². The van der Waals surface area contributed by atoms with Gasteiger partial charge in [-0.1, -0.05) is 36.9 Å². The summed E-state index contributed by atoms with van der Waals surface area (Å²) in [6.45, 7) is 3.17. The van der Waals surface area contributed by atoms with Crippen LogP contribution < -0.4 is 5.32 Å². The number of benzene rings is 2. The fraction of sp³-hybridized carbons (Fsp3) is 0.375. The average molecular weight is 483 g/mol. The number of aryl methyl sites for hydroxylation is 1. The summed E-state index contributed by atoms with van der Waals surface area (Å²) in [5.41, 5.74) is 2.14. The Balaban J connectivity index is 1.49. The molecule has 0 spiro atoms. The maximum atomic E-state index is 13.2. The van der Waals surface area contributed by atoms with E-state index in [1.807, 2.05) is 24.3 Å². The van der Waals surface area contributed by atoms with E-state index in [0.29, 0.717) is 24.0 Å². The predicted molar refractivity (Wildman–Crippen MR) is 131 cm³/mol. The molecule has 0 aliphatic carbocycles. The van der Waals surface area contributed by atoms with E-state index in [1.165, 1.54) is 35.5 Å². The number of ether oxygens (including phenoxy) is 1. The van der Waals surface area contributed by atoms with Crippen LogP contribution in [-0.4, -0.2) is 51.3 Å². The molecule has 4 rings (SSSR count). The van der Waals surface area contributed by atoms with Crippen molar-refractivity contribution in [3.05, 3.63) is 64.2 Å². The fourth-order valence-corrected chi connectivity index (χ4v) is 5.05. The van der Waals surface area contributed by atoms with Crippen molar-refractivity contribution in [1.82, 2.24) is 4.90 Å². The highest BCUT2D eigenvalue weighted by atomic mass is 32.2. The van der Waals surface area contributed by atoms with Gasteiger partial charge in [-0.25, -0.2) is 4.99 Å². The molecule has 2 amide bonds. The normalized spacial score (nSPS) is 21.3. The molecule has 2 fully saturated rings. The van der Waals surface area contributed by atoms with Crippen molar-refractivity contribution in [2.24, 2.45) is 4.99 Å². The van der Waals surface area contributed by atoms with Gasteiger partial charge in [0.1, 0.15) is 5.25 Å². The van der Waals surface area contributed by atoms with Crippen LogP contribution in [0.25, 0.3) is 0 Å². The molecule has 2 unspecified atom stereocenters. The van der Waals surface area contributed by atoms with Gasteiger partial charge < -0.3 is 10.1 Å². The van der Waals surface area contributed by atoms with Crippen LogP contribution in [0.5, 0.6) is 0 Å². The minimum absolute atomic E-state index is 0.0466. The molecule has 2 aliphatic rings. The molecular formula is C24H26N4O5S. The lowest BCUT2D eigenvalue weighted by Gasteiger charge is -2.20. The summed E-state index contributed by atoms with van der Waals surface area (Å²) >= 11 is 1.26. The van der Waals surface area contributed by atoms with Crippen molar-refractivity contribution in [2.45, 2.75) is 44.0 Å². The van der Waals surface area contributed by atoms with E-state index in [-0.39, 0.29) is 24.1 Å². The molecule has 2 heterocycles. The van der Waals surface area contributed by atoms with Crippen molar-refractivity contribution in [1.29, 1.82) is 0 Å². The van der Waals surface area contributed by atoms with Gasteiger partial charge in [0.2, 0.25) is 11.8 Å². The van der Waals surface area contributed by atoms with E-state index in [1.54, 1.807) is 11.0 Å². The molecule has 2 aromatic carbocycles. The molecular weight excluding hydrogens is 456 g/mol. The number of nitro benzene ring substituents is 1. The van der Waals surface area contributed by atoms with Crippen LogP contribution >= 0.6 is 11.8 Å². The molecule has 10 heteroatoms. The number of aliphatic imine (C=N–C) groups is 1. The van der Waals surface area contributed by atoms with Crippen molar-refractivity contribution in [3.8, 4) is 0 Å². The Kier molecular flexibility index (Phi) is 7.59. The van der Waals surface area contributed by atoms with Gasteiger partial charge in [-0.3, -0.25) is 24.6 Å². The molecule has 0 radical (unpaired) electrons. The molecule has 0 aromatic heterocycles. The lowest BCUT2D eigenvalue weighted by Crippen LogP contribution is -2.38. The topological polar surface area (TPSA) is 114 Å². The number of anilines is 1. The van der Waals surface area contributed by atoms with Gasteiger partial charge in [0, 0.05) is 30.8 Å². The number of nitro groups is 1. The second-order valence-corrected chi connectivity index (χ2v) is 9.33. The second kappa shape index (κ2) is 10.8. The molecule has 0 saturated carbocycles. The fourth-order valence-electron chi connectivity index (χ4n) is 3.88. The smallest absolute Gasteiger partial charge is 0.271 e. The zero-order chi connectivity index (χ0) is 24.1. The molecule has 2 aromatic rings. The van der Waals surface area contributed by atoms with Gasteiger partial charge in [-0.15, -0.1) is 0 Å². The van der Waals surface area contributed by atoms with Gasteiger partial charge in [-0.2, -0.15) is 0 Å². The highest BCUT2D eigenvalue weighted by Gasteiger charge is 2.40. The SMILES string of the molecule is CCc1ccc(N=C2SC(CC(=O)Nc3cccc([N+](=O)[O-])c3)C(=O)N2CC2CCCO2)cc1. The number of non-ortho nitro benzene ring substituents is 1. The monoisotopic (exact) mass is 482 g/mol. The Morgan fingerprint density at radius 1 is 1.29 bits per heavy atom. The van der Waals surface area contributed by atoms with Crippen molar-refractivity contribution < 1.29 is 19.2 Å². The number of hydrogen-bond donors (Lipinski definition) is 1. The Morgan fingerprint density at radius 3 is 2.76 bits per heavy atom. The maximum absolute atomic E-state index is 13.2. The molecule has 1 N–H and O–H groups in total. The molecule has 9 nitrogen and oxygen atoms in total. The standard InChI is InChI=1S/C24H26N4O5S/c1-2-16-8-10-17(11-9-16)26-24-27(15-20-7-4-12-33-20)23(30)21(34-24)14-22(29)25-18-5-3-6-19(13-18)28(31)32/h3,5-6,8-11,13,20-21H,2,4,7,12,14-15H2,1H3,(H,25,29). The molecule has 2 atom stereocenters. The van der Waals surface area contributed by atoms with Gasteiger partial charge in [-0.05, 0) is 43.0 Å². The first-order valence-corrected chi connectivity index (χ1v) is 12.1. The Hall–Kier alpha value is -3.24. The van der Waals surface area contributed by atoms with Crippen molar-refractivity contribution in [3.63, 3.8) is 0 Å². The zero-order valence-corrected chi connectivity index (χ0v) is 19.6. The van der Waals surface area contributed by atoms with Crippen LogP contribution in [0.2, 0.25) is 0 Å². The summed E-state index contributed by atoms with van der Waals surface area (Å²) in [5.74, 6) is -0.574. The minimum atomic E-state index is -0.631. The van der Waals surface area contributed by atoms with Crippen LogP contribution in [0.1, 0.15) is 31.7 Å². The van der Waals surface area contributed by atoms with Crippen LogP contribution in [0.15, 0.2) is 53.5 Å². The van der Waals surface area contributed by atoms with Gasteiger partial charge in [0.15, 0.2) is 5.17 Å². The molecule has 34 heavy (non-hydrogen) atoms. The highest BCUT2D eigenvalue weighted by Crippen LogP contribution is 2.33. The minimum Gasteiger partial charge on any atom is -0.376 e. The number of rotatable bonds is 8. The third kappa shape index (κ3) is 5.81. The first-order chi connectivity index (χ1) is 16.4. The first kappa shape index (κ1) is 23.9. The van der Waals surface area contributed by atoms with E-state index in [0.717, 1.165) is 24.9 Å². The average Bonchev–Trinajstić information content (AvgIpc) is 3.44. The Labute approximate surface area is 201 Å². The third-order valence-electron chi connectivity index (χ3n) is 5.71. The Bertz CT molecular complexity index is 1100. The number of amides is 2. The van der Waals surface area contributed by atoms with Gasteiger partial charge in [0.05, 0.1) is 23.3 Å². The predicted octanol–water partition coefficient (Wildman–Crippen LogP) is 4.30. The summed E-state index contributed by atoms with van der Waals surface area (Å²) in [5, 5.41) is 13.6. The maximum Gasteiger partial charge on any atom is 0.271 e. The van der Waals surface area contributed by atoms with Gasteiger partial charge >= 0.3 is 0 Å². The lowest BCUT2D eigenvalue weighted by atomic mass is 10.1. The van der Waals surface area contributed by atoms with E-state index < -0.39 is 16.1 Å². The quantitative estimate of drug-likeness (QED) is 0.443. The van der Waals surface area contributed by atoms with Crippen LogP contribution in [0, 0.1) is 10.1 Å². The summed E-state index contributed by atoms with van der Waals surface area (Å²) < 4.78 is 5.73. The second-order valence-electron chi connectivity index (χ2n) is 8.16. The van der Waals surface area contributed by atoms with Crippen molar-refractivity contribution >= 4 is 45.8 Å². The number of carbonyl (C=O) groups is 2. The summed E-state index contributed by atoms with van der Waals surface area (Å²) in [6.07, 6.45) is 2.65. The number of hydrogen-bond acceptors (Lipinski definition) is 7. The number of nitrogens with one attached hydrogen (secondary N) is 1.